The summed E-state index contributed by atoms with van der Waals surface area (Å²) in [6.07, 6.45) is 11.2. The Kier molecular flexibility index (Phi) is 10.3. The van der Waals surface area contributed by atoms with E-state index in [4.69, 9.17) is 13.3 Å². The highest BCUT2D eigenvalue weighted by Gasteiger charge is 2.44. The van der Waals surface area contributed by atoms with Crippen LogP contribution in [0.4, 0.5) is 0 Å². The minimum absolute atomic E-state index is 0.648. The lowest BCUT2D eigenvalue weighted by Gasteiger charge is -2.36. The number of hydrogen-bond donors (Lipinski definition) is 0. The smallest absolute Gasteiger partial charge is 0.374 e. The van der Waals surface area contributed by atoms with Gasteiger partial charge in [-0.25, -0.2) is 0 Å². The van der Waals surface area contributed by atoms with Crippen molar-refractivity contribution in [1.82, 2.24) is 0 Å². The molecule has 0 N–H and O–H groups in total. The average Bonchev–Trinajstić information content (AvgIpc) is 2.53. The van der Waals surface area contributed by atoms with Gasteiger partial charge in [-0.1, -0.05) is 38.2 Å². The predicted octanol–water partition coefficient (Wildman–Crippen LogP) is 5.20. The summed E-state index contributed by atoms with van der Waals surface area (Å²) < 4.78 is 18.2. The molecule has 1 unspecified atom stereocenters. The second-order valence-corrected chi connectivity index (χ2v) is 8.85. The van der Waals surface area contributed by atoms with Gasteiger partial charge in [0.15, 0.2) is 0 Å². The minimum Gasteiger partial charge on any atom is -0.374 e. The third-order valence-corrected chi connectivity index (χ3v) is 7.87. The number of allylic oxidation sites excluding steroid dienone is 1. The predicted molar refractivity (Wildman–Crippen MR) is 94.9 cm³/mol. The van der Waals surface area contributed by atoms with E-state index in [1.165, 1.54) is 38.5 Å². The minimum atomic E-state index is -2.53. The van der Waals surface area contributed by atoms with Crippen LogP contribution in [0.3, 0.4) is 0 Å². The van der Waals surface area contributed by atoms with E-state index in [0.29, 0.717) is 25.7 Å². The van der Waals surface area contributed by atoms with Gasteiger partial charge in [0.25, 0.3) is 0 Å². The third kappa shape index (κ3) is 6.53. The molecule has 1 rings (SSSR count). The Morgan fingerprint density at radius 3 is 2.00 bits per heavy atom. The quantitative estimate of drug-likeness (QED) is 0.364. The molecule has 1 aliphatic carbocycles. The molecule has 0 aromatic carbocycles. The van der Waals surface area contributed by atoms with Crippen molar-refractivity contribution in [3.8, 4) is 0 Å². The summed E-state index contributed by atoms with van der Waals surface area (Å²) in [6, 6.07) is 0.973. The van der Waals surface area contributed by atoms with E-state index in [-0.39, 0.29) is 0 Å². The Bertz CT molecular complexity index is 273. The summed E-state index contributed by atoms with van der Waals surface area (Å²) in [5.74, 6) is 1.46. The molecule has 4 heteroatoms. The van der Waals surface area contributed by atoms with Gasteiger partial charge in [0.05, 0.1) is 0 Å². The molecule has 1 fully saturated rings. The highest BCUT2D eigenvalue weighted by Crippen LogP contribution is 2.38. The molecular formula is C18H36O3Si. The van der Waals surface area contributed by atoms with Crippen LogP contribution < -0.4 is 0 Å². The number of rotatable bonds is 12. The van der Waals surface area contributed by atoms with E-state index in [2.05, 4.69) is 6.58 Å². The van der Waals surface area contributed by atoms with Gasteiger partial charge in [-0.05, 0) is 45.4 Å². The van der Waals surface area contributed by atoms with Crippen LogP contribution in [-0.4, -0.2) is 28.6 Å². The molecule has 0 amide bonds. The zero-order chi connectivity index (χ0) is 16.3. The Hall–Kier alpha value is -0.163. The van der Waals surface area contributed by atoms with Crippen molar-refractivity contribution < 1.29 is 13.3 Å². The summed E-state index contributed by atoms with van der Waals surface area (Å²) in [4.78, 5) is 0. The Morgan fingerprint density at radius 2 is 1.55 bits per heavy atom. The molecule has 0 aromatic heterocycles. The van der Waals surface area contributed by atoms with E-state index in [1.807, 2.05) is 26.8 Å². The van der Waals surface area contributed by atoms with Crippen LogP contribution in [0.1, 0.15) is 65.7 Å². The van der Waals surface area contributed by atoms with Crippen molar-refractivity contribution >= 4 is 8.80 Å². The van der Waals surface area contributed by atoms with E-state index in [0.717, 1.165) is 18.4 Å². The lowest BCUT2D eigenvalue weighted by atomic mass is 9.79. The third-order valence-electron chi connectivity index (χ3n) is 4.66. The second-order valence-electron chi connectivity index (χ2n) is 6.21. The first kappa shape index (κ1) is 19.9. The van der Waals surface area contributed by atoms with Gasteiger partial charge in [-0.2, -0.15) is 0 Å². The monoisotopic (exact) mass is 328 g/mol. The maximum absolute atomic E-state index is 6.08. The zero-order valence-electron chi connectivity index (χ0n) is 14.9. The van der Waals surface area contributed by atoms with Crippen molar-refractivity contribution in [2.45, 2.75) is 71.8 Å². The summed E-state index contributed by atoms with van der Waals surface area (Å²) in [5.41, 5.74) is 0. The molecule has 0 aliphatic heterocycles. The van der Waals surface area contributed by atoms with Gasteiger partial charge < -0.3 is 13.3 Å². The Labute approximate surface area is 138 Å². The Morgan fingerprint density at radius 1 is 1.00 bits per heavy atom. The molecule has 3 nitrogen and oxygen atoms in total. The summed E-state index contributed by atoms with van der Waals surface area (Å²) in [6.45, 7) is 12.0. The largest absolute Gasteiger partial charge is 0.501 e. The molecule has 130 valence electrons. The number of hydrogen-bond acceptors (Lipinski definition) is 3. The van der Waals surface area contributed by atoms with Gasteiger partial charge in [0.2, 0.25) is 0 Å². The fraction of sp³-hybridized carbons (Fsp3) is 0.889. The SMILES string of the molecule is C=CCCC(C[Si](OCC)(OCC)OCC)C1CCCCC1. The van der Waals surface area contributed by atoms with Crippen LogP contribution >= 0.6 is 0 Å². The summed E-state index contributed by atoms with van der Waals surface area (Å²) >= 11 is 0. The fourth-order valence-electron chi connectivity index (χ4n) is 3.72. The normalized spacial score (nSPS) is 18.3. The molecule has 0 aromatic rings. The average molecular weight is 329 g/mol. The zero-order valence-corrected chi connectivity index (χ0v) is 15.9. The van der Waals surface area contributed by atoms with Gasteiger partial charge in [-0.3, -0.25) is 0 Å². The van der Waals surface area contributed by atoms with Gasteiger partial charge in [0.1, 0.15) is 0 Å². The molecule has 0 bridgehead atoms. The van der Waals surface area contributed by atoms with Crippen LogP contribution in [0.5, 0.6) is 0 Å². The summed E-state index contributed by atoms with van der Waals surface area (Å²) in [5, 5.41) is 0. The van der Waals surface area contributed by atoms with E-state index >= 15 is 0 Å². The molecule has 1 atom stereocenters. The Balaban J connectivity index is 2.81. The first-order valence-electron chi connectivity index (χ1n) is 9.24. The van der Waals surface area contributed by atoms with Crippen LogP contribution in [0, 0.1) is 11.8 Å². The highest BCUT2D eigenvalue weighted by molar-refractivity contribution is 6.60. The van der Waals surface area contributed by atoms with Crippen LogP contribution in [0.25, 0.3) is 0 Å². The van der Waals surface area contributed by atoms with Crippen LogP contribution in [-0.2, 0) is 13.3 Å². The first-order valence-corrected chi connectivity index (χ1v) is 11.2. The molecule has 0 heterocycles. The van der Waals surface area contributed by atoms with Gasteiger partial charge in [0, 0.05) is 25.9 Å². The molecule has 22 heavy (non-hydrogen) atoms. The van der Waals surface area contributed by atoms with Gasteiger partial charge in [-0.15, -0.1) is 6.58 Å². The van der Waals surface area contributed by atoms with Crippen molar-refractivity contribution in [1.29, 1.82) is 0 Å². The van der Waals surface area contributed by atoms with Gasteiger partial charge >= 0.3 is 8.80 Å². The van der Waals surface area contributed by atoms with E-state index in [1.54, 1.807) is 0 Å². The lowest BCUT2D eigenvalue weighted by molar-refractivity contribution is 0.0615. The van der Waals surface area contributed by atoms with Crippen LogP contribution in [0.15, 0.2) is 12.7 Å². The topological polar surface area (TPSA) is 27.7 Å². The standard InChI is InChI=1S/C18H36O3Si/c1-5-9-13-18(17-14-11-10-12-15-17)16-22(19-6-2,20-7-3)21-8-4/h5,17-18H,1,6-16H2,2-4H3. The molecule has 0 spiro atoms. The lowest BCUT2D eigenvalue weighted by Crippen LogP contribution is -2.48. The fourth-order valence-corrected chi connectivity index (χ4v) is 6.83. The summed E-state index contributed by atoms with van der Waals surface area (Å²) in [7, 11) is -2.53. The highest BCUT2D eigenvalue weighted by atomic mass is 28.4. The maximum Gasteiger partial charge on any atom is 0.501 e. The van der Waals surface area contributed by atoms with E-state index < -0.39 is 8.80 Å². The first-order chi connectivity index (χ1) is 10.7. The van der Waals surface area contributed by atoms with Crippen molar-refractivity contribution in [2.24, 2.45) is 11.8 Å². The van der Waals surface area contributed by atoms with Crippen molar-refractivity contribution in [3.63, 3.8) is 0 Å². The second kappa shape index (κ2) is 11.4. The van der Waals surface area contributed by atoms with Crippen molar-refractivity contribution in [3.05, 3.63) is 12.7 Å². The molecule has 1 saturated carbocycles. The molecular weight excluding hydrogens is 292 g/mol. The molecule has 0 radical (unpaired) electrons. The van der Waals surface area contributed by atoms with Crippen LogP contribution in [0.2, 0.25) is 6.04 Å². The maximum atomic E-state index is 6.08. The van der Waals surface area contributed by atoms with E-state index in [9.17, 15) is 0 Å². The molecule has 0 saturated heterocycles. The van der Waals surface area contributed by atoms with Crippen molar-refractivity contribution in [2.75, 3.05) is 19.8 Å². The molecule has 1 aliphatic rings.